The van der Waals surface area contributed by atoms with E-state index in [1.165, 1.54) is 16.7 Å². The van der Waals surface area contributed by atoms with Crippen molar-refractivity contribution in [3.63, 3.8) is 0 Å². The molecule has 0 radical (unpaired) electrons. The fourth-order valence-electron chi connectivity index (χ4n) is 3.45. The third-order valence-electron chi connectivity index (χ3n) is 4.94. The van der Waals surface area contributed by atoms with E-state index < -0.39 is 6.10 Å². The molecule has 1 unspecified atom stereocenters. The Balaban J connectivity index is 2.50. The molecule has 3 nitrogen and oxygen atoms in total. The Bertz CT molecular complexity index is 712. The van der Waals surface area contributed by atoms with Crippen molar-refractivity contribution in [1.82, 2.24) is 10.3 Å². The number of benzene rings is 1. The van der Waals surface area contributed by atoms with Crippen molar-refractivity contribution in [2.24, 2.45) is 5.92 Å². The smallest absolute Gasteiger partial charge is 0.0837 e. The van der Waals surface area contributed by atoms with Crippen LogP contribution in [0, 0.1) is 19.8 Å². The summed E-state index contributed by atoms with van der Waals surface area (Å²) in [5.74, 6) is 0.247. The van der Waals surface area contributed by atoms with Gasteiger partial charge in [0.05, 0.1) is 11.8 Å². The Hall–Kier alpha value is -2.13. The maximum atomic E-state index is 10.9. The summed E-state index contributed by atoms with van der Waals surface area (Å²) in [5, 5.41) is 14.0. The first-order valence-corrected chi connectivity index (χ1v) is 9.11. The van der Waals surface area contributed by atoms with Gasteiger partial charge in [0.15, 0.2) is 0 Å². The number of nitrogens with zero attached hydrogens (tertiary/aromatic N) is 1. The molecule has 2 aromatic rings. The monoisotopic (exact) mass is 338 g/mol. The molecule has 134 valence electrons. The zero-order valence-corrected chi connectivity index (χ0v) is 16.0. The minimum absolute atomic E-state index is 0.247. The van der Waals surface area contributed by atoms with Crippen molar-refractivity contribution >= 4 is 5.57 Å². The zero-order valence-electron chi connectivity index (χ0n) is 16.0. The lowest BCUT2D eigenvalue weighted by molar-refractivity contribution is 0.155. The van der Waals surface area contributed by atoms with Crippen molar-refractivity contribution in [2.45, 2.75) is 46.6 Å². The van der Waals surface area contributed by atoms with Gasteiger partial charge in [-0.3, -0.25) is 4.98 Å². The molecule has 25 heavy (non-hydrogen) atoms. The van der Waals surface area contributed by atoms with Crippen LogP contribution in [0.5, 0.6) is 0 Å². The number of rotatable bonds is 7. The quantitative estimate of drug-likeness (QED) is 0.767. The molecule has 1 aromatic carbocycles. The number of hydrogen-bond acceptors (Lipinski definition) is 3. The molecule has 1 aromatic heterocycles. The predicted octanol–water partition coefficient (Wildman–Crippen LogP) is 4.72. The molecule has 0 aliphatic heterocycles. The van der Waals surface area contributed by atoms with Crippen LogP contribution in [0.2, 0.25) is 0 Å². The highest BCUT2D eigenvalue weighted by Gasteiger charge is 2.22. The number of nitrogens with one attached hydrogen (secondary N) is 1. The zero-order chi connectivity index (χ0) is 18.4. The Labute approximate surface area is 151 Å². The minimum atomic E-state index is -0.490. The van der Waals surface area contributed by atoms with E-state index in [2.05, 4.69) is 62.3 Å². The highest BCUT2D eigenvalue weighted by Crippen LogP contribution is 2.31. The molecular formula is C22H30N2O. The second-order valence-electron chi connectivity index (χ2n) is 6.61. The van der Waals surface area contributed by atoms with Crippen LogP contribution in [-0.4, -0.2) is 23.2 Å². The summed E-state index contributed by atoms with van der Waals surface area (Å²) in [6.07, 6.45) is 5.16. The van der Waals surface area contributed by atoms with E-state index in [0.717, 1.165) is 29.7 Å². The van der Waals surface area contributed by atoms with E-state index in [1.807, 2.05) is 25.5 Å². The third-order valence-corrected chi connectivity index (χ3v) is 4.94. The van der Waals surface area contributed by atoms with E-state index in [9.17, 15) is 5.11 Å². The molecular weight excluding hydrogens is 308 g/mol. The molecule has 2 rings (SSSR count). The average Bonchev–Trinajstić information content (AvgIpc) is 2.60. The molecule has 1 atom stereocenters. The molecule has 0 saturated carbocycles. The summed E-state index contributed by atoms with van der Waals surface area (Å²) in [7, 11) is 1.87. The van der Waals surface area contributed by atoms with Gasteiger partial charge in [0.25, 0.3) is 0 Å². The Morgan fingerprint density at radius 2 is 1.80 bits per heavy atom. The molecule has 0 bridgehead atoms. The third kappa shape index (κ3) is 4.29. The lowest BCUT2D eigenvalue weighted by atomic mass is 9.87. The lowest BCUT2D eigenvalue weighted by Gasteiger charge is -2.23. The van der Waals surface area contributed by atoms with Crippen molar-refractivity contribution < 1.29 is 5.11 Å². The molecule has 2 N–H and O–H groups in total. The number of aromatic nitrogens is 1. The molecule has 3 heteroatoms. The van der Waals surface area contributed by atoms with Crippen LogP contribution in [0.15, 0.2) is 42.7 Å². The molecule has 0 spiro atoms. The van der Waals surface area contributed by atoms with Crippen LogP contribution in [0.1, 0.15) is 43.4 Å². The second kappa shape index (κ2) is 8.82. The summed E-state index contributed by atoms with van der Waals surface area (Å²) in [6.45, 7) is 8.48. The van der Waals surface area contributed by atoms with Crippen LogP contribution in [0.25, 0.3) is 16.8 Å². The summed E-state index contributed by atoms with van der Waals surface area (Å²) in [4.78, 5) is 4.59. The number of aliphatic hydroxyl groups excluding tert-OH is 1. The first-order chi connectivity index (χ1) is 12.0. The fraction of sp³-hybridized carbons (Fsp3) is 0.409. The Morgan fingerprint density at radius 1 is 1.16 bits per heavy atom. The summed E-state index contributed by atoms with van der Waals surface area (Å²) >= 11 is 0. The fourth-order valence-corrected chi connectivity index (χ4v) is 3.45. The SMILES string of the molecule is CCC(CC)C(O)/C(=C/NC)c1ccnc(-c2c(C)cccc2C)c1. The van der Waals surface area contributed by atoms with Gasteiger partial charge in [0, 0.05) is 30.6 Å². The number of pyridine rings is 1. The molecule has 1 heterocycles. The minimum Gasteiger partial charge on any atom is -0.394 e. The largest absolute Gasteiger partial charge is 0.394 e. The van der Waals surface area contributed by atoms with E-state index >= 15 is 0 Å². The van der Waals surface area contributed by atoms with Gasteiger partial charge in [-0.1, -0.05) is 44.9 Å². The van der Waals surface area contributed by atoms with Crippen molar-refractivity contribution in [1.29, 1.82) is 0 Å². The second-order valence-corrected chi connectivity index (χ2v) is 6.61. The number of hydrogen-bond donors (Lipinski definition) is 2. The van der Waals surface area contributed by atoms with Gasteiger partial charge < -0.3 is 10.4 Å². The highest BCUT2D eigenvalue weighted by atomic mass is 16.3. The van der Waals surface area contributed by atoms with Crippen LogP contribution in [0.4, 0.5) is 0 Å². The molecule has 0 saturated heterocycles. The van der Waals surface area contributed by atoms with Gasteiger partial charge in [0.1, 0.15) is 0 Å². The first kappa shape index (κ1) is 19.2. The van der Waals surface area contributed by atoms with Crippen LogP contribution in [0.3, 0.4) is 0 Å². The Kier molecular flexibility index (Phi) is 6.77. The van der Waals surface area contributed by atoms with E-state index in [-0.39, 0.29) is 5.92 Å². The van der Waals surface area contributed by atoms with Crippen LogP contribution >= 0.6 is 0 Å². The number of aryl methyl sites for hydroxylation is 2. The van der Waals surface area contributed by atoms with Gasteiger partial charge in [0.2, 0.25) is 0 Å². The van der Waals surface area contributed by atoms with Crippen LogP contribution in [-0.2, 0) is 0 Å². The molecule has 0 aliphatic rings. The first-order valence-electron chi connectivity index (χ1n) is 9.11. The van der Waals surface area contributed by atoms with E-state index in [0.29, 0.717) is 0 Å². The number of aliphatic hydroxyl groups is 1. The topological polar surface area (TPSA) is 45.1 Å². The standard InChI is InChI=1S/C22H30N2O/c1-6-17(7-2)22(25)19(14-23-5)18-11-12-24-20(13-18)21-15(3)9-8-10-16(21)4/h8-14,17,22-23,25H,6-7H2,1-5H3/b19-14+. The Morgan fingerprint density at radius 3 is 2.36 bits per heavy atom. The summed E-state index contributed by atoms with van der Waals surface area (Å²) < 4.78 is 0. The van der Waals surface area contributed by atoms with Crippen molar-refractivity contribution in [2.75, 3.05) is 7.05 Å². The van der Waals surface area contributed by atoms with E-state index in [4.69, 9.17) is 0 Å². The highest BCUT2D eigenvalue weighted by molar-refractivity contribution is 5.74. The molecule has 0 aliphatic carbocycles. The summed E-state index contributed by atoms with van der Waals surface area (Å²) in [6, 6.07) is 10.4. The predicted molar refractivity (Wildman–Crippen MR) is 106 cm³/mol. The molecule has 0 amide bonds. The maximum absolute atomic E-state index is 10.9. The van der Waals surface area contributed by atoms with Gasteiger partial charge in [-0.05, 0) is 48.6 Å². The maximum Gasteiger partial charge on any atom is 0.0837 e. The normalized spacial score (nSPS) is 13.2. The van der Waals surface area contributed by atoms with Crippen molar-refractivity contribution in [3.8, 4) is 11.3 Å². The van der Waals surface area contributed by atoms with Gasteiger partial charge in [-0.25, -0.2) is 0 Å². The van der Waals surface area contributed by atoms with Gasteiger partial charge in [-0.15, -0.1) is 0 Å². The summed E-state index contributed by atoms with van der Waals surface area (Å²) in [5.41, 5.74) is 6.48. The van der Waals surface area contributed by atoms with Crippen molar-refractivity contribution in [3.05, 3.63) is 59.4 Å². The van der Waals surface area contributed by atoms with Gasteiger partial charge in [-0.2, -0.15) is 0 Å². The van der Waals surface area contributed by atoms with Gasteiger partial charge >= 0.3 is 0 Å². The average molecular weight is 338 g/mol. The van der Waals surface area contributed by atoms with Crippen LogP contribution < -0.4 is 5.32 Å². The molecule has 0 fully saturated rings. The van der Waals surface area contributed by atoms with E-state index in [1.54, 1.807) is 0 Å². The lowest BCUT2D eigenvalue weighted by Crippen LogP contribution is -2.22.